The van der Waals surface area contributed by atoms with Crippen LogP contribution in [0.3, 0.4) is 0 Å². The highest BCUT2D eigenvalue weighted by Crippen LogP contribution is 2.16. The summed E-state index contributed by atoms with van der Waals surface area (Å²) in [7, 11) is -1.08. The third-order valence-corrected chi connectivity index (χ3v) is 4.41. The number of nitrogens with one attached hydrogen (secondary N) is 1. The highest BCUT2D eigenvalue weighted by atomic mass is 32.2. The number of aromatic nitrogens is 1. The maximum Gasteiger partial charge on any atom is 0.128 e. The van der Waals surface area contributed by atoms with Crippen LogP contribution in [0.1, 0.15) is 18.4 Å². The first-order valence-electron chi connectivity index (χ1n) is 5.75. The molecule has 0 saturated carbocycles. The van der Waals surface area contributed by atoms with Gasteiger partial charge in [0.2, 0.25) is 0 Å². The van der Waals surface area contributed by atoms with Gasteiger partial charge in [0.15, 0.2) is 0 Å². The third kappa shape index (κ3) is 3.35. The first-order chi connectivity index (χ1) is 8.29. The molecular weight excluding hydrogens is 234 g/mol. The van der Waals surface area contributed by atoms with Gasteiger partial charge in [-0.15, -0.1) is 0 Å². The predicted molar refractivity (Wildman–Crippen MR) is 65.8 cm³/mol. The molecule has 1 N–H and O–H groups in total. The topological polar surface area (TPSA) is 65.8 Å². The summed E-state index contributed by atoms with van der Waals surface area (Å²) < 4.78 is 12.1. The predicted octanol–water partition coefficient (Wildman–Crippen LogP) is 1.06. The maximum absolute atomic E-state index is 12.1. The summed E-state index contributed by atoms with van der Waals surface area (Å²) in [5.41, 5.74) is 0.522. The van der Waals surface area contributed by atoms with Crippen molar-refractivity contribution in [2.24, 2.45) is 5.92 Å². The van der Waals surface area contributed by atoms with E-state index in [-0.39, 0.29) is 0 Å². The van der Waals surface area contributed by atoms with Crippen molar-refractivity contribution in [3.8, 4) is 6.07 Å². The second kappa shape index (κ2) is 5.89. The van der Waals surface area contributed by atoms with Crippen LogP contribution in [-0.4, -0.2) is 28.0 Å². The fourth-order valence-corrected chi connectivity index (χ4v) is 3.32. The van der Waals surface area contributed by atoms with Crippen molar-refractivity contribution >= 4 is 10.8 Å². The monoisotopic (exact) mass is 249 g/mol. The van der Waals surface area contributed by atoms with E-state index in [0.717, 1.165) is 25.9 Å². The molecular formula is C12H15N3OS. The molecule has 1 aromatic heterocycles. The van der Waals surface area contributed by atoms with Gasteiger partial charge in [0.25, 0.3) is 0 Å². The van der Waals surface area contributed by atoms with E-state index in [0.29, 0.717) is 22.3 Å². The summed E-state index contributed by atoms with van der Waals surface area (Å²) in [6.07, 6.45) is 3.70. The fourth-order valence-electron chi connectivity index (χ4n) is 1.95. The van der Waals surface area contributed by atoms with Gasteiger partial charge in [0, 0.05) is 11.9 Å². The van der Waals surface area contributed by atoms with Gasteiger partial charge in [-0.05, 0) is 44.0 Å². The largest absolute Gasteiger partial charge is 0.317 e. The van der Waals surface area contributed by atoms with Crippen molar-refractivity contribution in [2.45, 2.75) is 17.9 Å². The lowest BCUT2D eigenvalue weighted by Crippen LogP contribution is -2.30. The SMILES string of the molecule is N#Cc1ccnc([S@](=O)CC2CCNCC2)c1. The minimum absolute atomic E-state index is 0.504. The van der Waals surface area contributed by atoms with Crippen molar-refractivity contribution in [3.63, 3.8) is 0 Å². The number of nitriles is 1. The van der Waals surface area contributed by atoms with Crippen molar-refractivity contribution in [1.82, 2.24) is 10.3 Å². The minimum Gasteiger partial charge on any atom is -0.317 e. The Morgan fingerprint density at radius 3 is 3.00 bits per heavy atom. The van der Waals surface area contributed by atoms with Crippen LogP contribution >= 0.6 is 0 Å². The quantitative estimate of drug-likeness (QED) is 0.870. The summed E-state index contributed by atoms with van der Waals surface area (Å²) in [6, 6.07) is 5.29. The van der Waals surface area contributed by atoms with E-state index < -0.39 is 10.8 Å². The molecule has 2 rings (SSSR count). The van der Waals surface area contributed by atoms with Gasteiger partial charge in [-0.3, -0.25) is 4.21 Å². The Morgan fingerprint density at radius 2 is 2.29 bits per heavy atom. The van der Waals surface area contributed by atoms with Gasteiger partial charge in [-0.2, -0.15) is 5.26 Å². The molecule has 1 fully saturated rings. The molecule has 5 heteroatoms. The van der Waals surface area contributed by atoms with Gasteiger partial charge in [-0.1, -0.05) is 0 Å². The van der Waals surface area contributed by atoms with Crippen LogP contribution in [0.15, 0.2) is 23.4 Å². The highest BCUT2D eigenvalue weighted by Gasteiger charge is 2.17. The maximum atomic E-state index is 12.1. The molecule has 0 spiro atoms. The second-order valence-electron chi connectivity index (χ2n) is 4.20. The molecule has 0 amide bonds. The molecule has 90 valence electrons. The zero-order valence-corrected chi connectivity index (χ0v) is 10.4. The lowest BCUT2D eigenvalue weighted by atomic mass is 10.0. The number of piperidine rings is 1. The van der Waals surface area contributed by atoms with Crippen molar-refractivity contribution in [3.05, 3.63) is 23.9 Å². The minimum atomic E-state index is -1.08. The lowest BCUT2D eigenvalue weighted by Gasteiger charge is -2.21. The summed E-state index contributed by atoms with van der Waals surface area (Å²) in [5, 5.41) is 12.6. The molecule has 1 aromatic rings. The van der Waals surface area contributed by atoms with E-state index in [4.69, 9.17) is 5.26 Å². The second-order valence-corrected chi connectivity index (χ2v) is 5.64. The molecule has 0 radical (unpaired) electrons. The van der Waals surface area contributed by atoms with Gasteiger partial charge < -0.3 is 5.32 Å². The molecule has 4 nitrogen and oxygen atoms in total. The lowest BCUT2D eigenvalue weighted by molar-refractivity contribution is 0.405. The molecule has 1 aliphatic rings. The molecule has 0 aliphatic carbocycles. The summed E-state index contributed by atoms with van der Waals surface area (Å²) in [4.78, 5) is 4.09. The number of hydrogen-bond acceptors (Lipinski definition) is 4. The number of nitrogens with zero attached hydrogens (tertiary/aromatic N) is 2. The van der Waals surface area contributed by atoms with Crippen LogP contribution in [0, 0.1) is 17.2 Å². The Balaban J connectivity index is 2.01. The van der Waals surface area contributed by atoms with Crippen LogP contribution in [0.4, 0.5) is 0 Å². The molecule has 0 bridgehead atoms. The van der Waals surface area contributed by atoms with Gasteiger partial charge in [-0.25, -0.2) is 4.98 Å². The third-order valence-electron chi connectivity index (χ3n) is 2.94. The standard InChI is InChI=1S/C12H15N3OS/c13-8-11-3-6-15-12(7-11)17(16)9-10-1-4-14-5-2-10/h3,6-7,10,14H,1-2,4-5,9H2/t17-/m1/s1. The Bertz CT molecular complexity index is 449. The zero-order valence-electron chi connectivity index (χ0n) is 9.56. The van der Waals surface area contributed by atoms with E-state index in [2.05, 4.69) is 10.3 Å². The highest BCUT2D eigenvalue weighted by molar-refractivity contribution is 7.84. The molecule has 17 heavy (non-hydrogen) atoms. The molecule has 2 heterocycles. The Hall–Kier alpha value is -1.25. The van der Waals surface area contributed by atoms with E-state index in [1.807, 2.05) is 6.07 Å². The first kappa shape index (κ1) is 12.2. The van der Waals surface area contributed by atoms with Crippen molar-refractivity contribution in [2.75, 3.05) is 18.8 Å². The number of rotatable bonds is 3. The van der Waals surface area contributed by atoms with Crippen molar-refractivity contribution < 1.29 is 4.21 Å². The molecule has 0 unspecified atom stereocenters. The van der Waals surface area contributed by atoms with Crippen LogP contribution in [0.5, 0.6) is 0 Å². The number of pyridine rings is 1. The van der Waals surface area contributed by atoms with Crippen molar-refractivity contribution in [1.29, 1.82) is 5.26 Å². The van der Waals surface area contributed by atoms with Crippen LogP contribution in [0.2, 0.25) is 0 Å². The Morgan fingerprint density at radius 1 is 1.53 bits per heavy atom. The smallest absolute Gasteiger partial charge is 0.128 e. The van der Waals surface area contributed by atoms with Gasteiger partial charge in [0.05, 0.1) is 22.4 Å². The Kier molecular flexibility index (Phi) is 4.24. The van der Waals surface area contributed by atoms with E-state index in [1.165, 1.54) is 0 Å². The molecule has 1 saturated heterocycles. The van der Waals surface area contributed by atoms with Gasteiger partial charge in [0.1, 0.15) is 5.03 Å². The molecule has 1 aliphatic heterocycles. The molecule has 0 aromatic carbocycles. The first-order valence-corrected chi connectivity index (χ1v) is 7.07. The van der Waals surface area contributed by atoms with Gasteiger partial charge >= 0.3 is 0 Å². The van der Waals surface area contributed by atoms with Crippen LogP contribution in [-0.2, 0) is 10.8 Å². The van der Waals surface area contributed by atoms with Crippen LogP contribution in [0.25, 0.3) is 0 Å². The van der Waals surface area contributed by atoms with E-state index in [9.17, 15) is 4.21 Å². The Labute approximate surface area is 104 Å². The van der Waals surface area contributed by atoms with E-state index >= 15 is 0 Å². The van der Waals surface area contributed by atoms with Crippen LogP contribution < -0.4 is 5.32 Å². The summed E-state index contributed by atoms with van der Waals surface area (Å²) >= 11 is 0. The fraction of sp³-hybridized carbons (Fsp3) is 0.500. The number of hydrogen-bond donors (Lipinski definition) is 1. The summed E-state index contributed by atoms with van der Waals surface area (Å²) in [5.74, 6) is 1.16. The normalized spacial score (nSPS) is 18.5. The zero-order chi connectivity index (χ0) is 12.1. The molecule has 1 atom stereocenters. The van der Waals surface area contributed by atoms with E-state index in [1.54, 1.807) is 18.3 Å². The average molecular weight is 249 g/mol. The summed E-state index contributed by atoms with van der Waals surface area (Å²) in [6.45, 7) is 2.01. The average Bonchev–Trinajstić information content (AvgIpc) is 2.40.